The summed E-state index contributed by atoms with van der Waals surface area (Å²) in [5.41, 5.74) is 4.41. The number of hydrogen-bond donors (Lipinski definition) is 1. The van der Waals surface area contributed by atoms with Crippen LogP contribution in [0.2, 0.25) is 0 Å². The monoisotopic (exact) mass is 429 g/mol. The summed E-state index contributed by atoms with van der Waals surface area (Å²) in [5, 5.41) is 9.88. The van der Waals surface area contributed by atoms with E-state index in [9.17, 15) is 5.11 Å². The van der Waals surface area contributed by atoms with Gasteiger partial charge in [-0.05, 0) is 35.9 Å². The first-order chi connectivity index (χ1) is 13.7. The molecule has 0 unspecified atom stereocenters. The van der Waals surface area contributed by atoms with Crippen LogP contribution in [0.5, 0.6) is 5.75 Å². The van der Waals surface area contributed by atoms with Gasteiger partial charge in [-0.25, -0.2) is 9.97 Å². The van der Waals surface area contributed by atoms with Crippen molar-refractivity contribution in [2.75, 3.05) is 0 Å². The maximum absolute atomic E-state index is 9.88. The van der Waals surface area contributed by atoms with E-state index in [0.717, 1.165) is 26.9 Å². The molecule has 0 amide bonds. The van der Waals surface area contributed by atoms with Crippen molar-refractivity contribution in [3.8, 4) is 28.3 Å². The Hall–Kier alpha value is -3.31. The van der Waals surface area contributed by atoms with Gasteiger partial charge in [0.25, 0.3) is 0 Å². The zero-order valence-electron chi connectivity index (χ0n) is 14.8. The van der Waals surface area contributed by atoms with Crippen LogP contribution in [0, 0.1) is 0 Å². The van der Waals surface area contributed by atoms with Crippen LogP contribution >= 0.6 is 15.9 Å². The summed E-state index contributed by atoms with van der Waals surface area (Å²) < 4.78 is 0.890. The molecule has 1 aromatic heterocycles. The number of phenolic OH excluding ortho intramolecular Hbond substituents is 1. The van der Waals surface area contributed by atoms with Crippen LogP contribution in [0.25, 0.3) is 22.5 Å². The van der Waals surface area contributed by atoms with E-state index < -0.39 is 0 Å². The number of rotatable bonds is 4. The van der Waals surface area contributed by atoms with E-state index >= 15 is 0 Å². The van der Waals surface area contributed by atoms with Gasteiger partial charge in [-0.2, -0.15) is 0 Å². The molecule has 0 radical (unpaired) electrons. The smallest absolute Gasteiger partial charge is 0.159 e. The van der Waals surface area contributed by atoms with Gasteiger partial charge in [0.2, 0.25) is 0 Å². The summed E-state index contributed by atoms with van der Waals surface area (Å²) in [6, 6.07) is 22.9. The second-order valence-electron chi connectivity index (χ2n) is 6.17. The summed E-state index contributed by atoms with van der Waals surface area (Å²) in [4.78, 5) is 13.4. The highest BCUT2D eigenvalue weighted by atomic mass is 79.9. The van der Waals surface area contributed by atoms with Gasteiger partial charge >= 0.3 is 0 Å². The van der Waals surface area contributed by atoms with Crippen LogP contribution in [0.1, 0.15) is 5.56 Å². The van der Waals surface area contributed by atoms with Crippen molar-refractivity contribution >= 4 is 27.8 Å². The number of aliphatic imine (C=N–C) groups is 1. The van der Waals surface area contributed by atoms with Crippen LogP contribution in [0.4, 0.5) is 5.69 Å². The highest BCUT2D eigenvalue weighted by Crippen LogP contribution is 2.24. The molecule has 5 heteroatoms. The topological polar surface area (TPSA) is 58.4 Å². The van der Waals surface area contributed by atoms with Crippen molar-refractivity contribution in [1.29, 1.82) is 0 Å². The quantitative estimate of drug-likeness (QED) is 0.402. The third-order valence-electron chi connectivity index (χ3n) is 4.23. The lowest BCUT2D eigenvalue weighted by Gasteiger charge is -2.04. The molecule has 0 aliphatic rings. The van der Waals surface area contributed by atoms with Crippen molar-refractivity contribution in [3.63, 3.8) is 0 Å². The molecule has 3 aromatic carbocycles. The molecule has 1 heterocycles. The lowest BCUT2D eigenvalue weighted by atomic mass is 10.1. The van der Waals surface area contributed by atoms with E-state index in [1.807, 2.05) is 73.1 Å². The molecule has 0 saturated carbocycles. The highest BCUT2D eigenvalue weighted by molar-refractivity contribution is 9.10. The maximum Gasteiger partial charge on any atom is 0.159 e. The summed E-state index contributed by atoms with van der Waals surface area (Å²) in [6.07, 6.45) is 5.30. The molecule has 4 rings (SSSR count). The van der Waals surface area contributed by atoms with Crippen molar-refractivity contribution in [2.45, 2.75) is 0 Å². The van der Waals surface area contributed by atoms with E-state index in [0.29, 0.717) is 11.4 Å². The minimum Gasteiger partial charge on any atom is -0.507 e. The molecule has 0 spiro atoms. The molecule has 4 aromatic rings. The Morgan fingerprint density at radius 2 is 1.50 bits per heavy atom. The average molecular weight is 430 g/mol. The van der Waals surface area contributed by atoms with Crippen LogP contribution in [0.15, 0.2) is 94.7 Å². The number of nitrogens with zero attached hydrogens (tertiary/aromatic N) is 3. The zero-order chi connectivity index (χ0) is 19.3. The van der Waals surface area contributed by atoms with Gasteiger partial charge in [0.05, 0.1) is 5.69 Å². The standard InChI is InChI=1S/C23H16BrN3O/c24-20-8-11-22(28)18(12-20)13-25-21-9-6-16(7-10-21)19-14-26-23(27-15-19)17-4-2-1-3-5-17/h1-15,28H. The first kappa shape index (κ1) is 18.1. The SMILES string of the molecule is Oc1ccc(Br)cc1C=Nc1ccc(-c2cnc(-c3ccccc3)nc2)cc1. The molecule has 0 fully saturated rings. The van der Waals surface area contributed by atoms with Crippen LogP contribution in [-0.4, -0.2) is 21.3 Å². The Kier molecular flexibility index (Phi) is 5.26. The Morgan fingerprint density at radius 3 is 2.21 bits per heavy atom. The minimum atomic E-state index is 0.194. The van der Waals surface area contributed by atoms with Crippen molar-refractivity contribution in [3.05, 3.63) is 95.2 Å². The van der Waals surface area contributed by atoms with Crippen molar-refractivity contribution in [1.82, 2.24) is 9.97 Å². The van der Waals surface area contributed by atoms with Gasteiger partial charge in [-0.3, -0.25) is 4.99 Å². The fraction of sp³-hybridized carbons (Fsp3) is 0. The van der Waals surface area contributed by atoms with Gasteiger partial charge in [-0.15, -0.1) is 0 Å². The second kappa shape index (κ2) is 8.15. The summed E-state index contributed by atoms with van der Waals surface area (Å²) in [5.74, 6) is 0.902. The van der Waals surface area contributed by atoms with Crippen LogP contribution in [0.3, 0.4) is 0 Å². The number of aromatic nitrogens is 2. The lowest BCUT2D eigenvalue weighted by Crippen LogP contribution is -1.89. The van der Waals surface area contributed by atoms with Gasteiger partial charge in [-0.1, -0.05) is 58.4 Å². The summed E-state index contributed by atoms with van der Waals surface area (Å²) in [6.45, 7) is 0. The average Bonchev–Trinajstić information content (AvgIpc) is 2.75. The Labute approximate surface area is 171 Å². The molecular formula is C23H16BrN3O. The largest absolute Gasteiger partial charge is 0.507 e. The molecule has 0 aliphatic carbocycles. The van der Waals surface area contributed by atoms with Crippen molar-refractivity contribution < 1.29 is 5.11 Å². The lowest BCUT2D eigenvalue weighted by molar-refractivity contribution is 0.474. The molecule has 0 atom stereocenters. The minimum absolute atomic E-state index is 0.194. The number of halogens is 1. The normalized spacial score (nSPS) is 11.0. The number of phenols is 1. The molecule has 28 heavy (non-hydrogen) atoms. The number of aromatic hydroxyl groups is 1. The first-order valence-electron chi connectivity index (χ1n) is 8.69. The van der Waals surface area contributed by atoms with E-state index in [2.05, 4.69) is 30.9 Å². The summed E-state index contributed by atoms with van der Waals surface area (Å²) in [7, 11) is 0. The third-order valence-corrected chi connectivity index (χ3v) is 4.72. The maximum atomic E-state index is 9.88. The van der Waals surface area contributed by atoms with E-state index in [-0.39, 0.29) is 5.75 Å². The highest BCUT2D eigenvalue weighted by Gasteiger charge is 2.03. The fourth-order valence-corrected chi connectivity index (χ4v) is 3.10. The third kappa shape index (κ3) is 4.15. The molecular weight excluding hydrogens is 414 g/mol. The van der Waals surface area contributed by atoms with Crippen LogP contribution < -0.4 is 0 Å². The predicted octanol–water partition coefficient (Wildman–Crippen LogP) is 6.03. The summed E-state index contributed by atoms with van der Waals surface area (Å²) >= 11 is 3.39. The Morgan fingerprint density at radius 1 is 0.786 bits per heavy atom. The molecule has 0 bridgehead atoms. The van der Waals surface area contributed by atoms with E-state index in [1.54, 1.807) is 18.3 Å². The van der Waals surface area contributed by atoms with Gasteiger partial charge in [0, 0.05) is 39.8 Å². The van der Waals surface area contributed by atoms with Gasteiger partial charge < -0.3 is 5.11 Å². The number of hydrogen-bond acceptors (Lipinski definition) is 4. The van der Waals surface area contributed by atoms with Gasteiger partial charge in [0.1, 0.15) is 5.75 Å². The second-order valence-corrected chi connectivity index (χ2v) is 7.09. The first-order valence-corrected chi connectivity index (χ1v) is 9.49. The van der Waals surface area contributed by atoms with E-state index in [1.165, 1.54) is 0 Å². The predicted molar refractivity (Wildman–Crippen MR) is 116 cm³/mol. The van der Waals surface area contributed by atoms with Crippen molar-refractivity contribution in [2.24, 2.45) is 4.99 Å². The number of benzene rings is 3. The molecule has 4 nitrogen and oxygen atoms in total. The molecule has 136 valence electrons. The van der Waals surface area contributed by atoms with E-state index in [4.69, 9.17) is 0 Å². The Bertz CT molecular complexity index is 1110. The zero-order valence-corrected chi connectivity index (χ0v) is 16.4. The Balaban J connectivity index is 1.52. The van der Waals surface area contributed by atoms with Gasteiger partial charge in [0.15, 0.2) is 5.82 Å². The molecule has 1 N–H and O–H groups in total. The van der Waals surface area contributed by atoms with Crippen LogP contribution in [-0.2, 0) is 0 Å². The molecule has 0 saturated heterocycles. The molecule has 0 aliphatic heterocycles. The fourth-order valence-electron chi connectivity index (χ4n) is 2.73.